The zero-order chi connectivity index (χ0) is 18.6. The third-order valence-corrected chi connectivity index (χ3v) is 8.30. The van der Waals surface area contributed by atoms with Crippen molar-refractivity contribution in [2.75, 3.05) is 16.8 Å². The Kier molecular flexibility index (Phi) is 5.86. The third-order valence-electron chi connectivity index (χ3n) is 4.26. The first-order chi connectivity index (χ1) is 13.2. The Hall–Kier alpha value is -1.76. The van der Waals surface area contributed by atoms with E-state index in [9.17, 15) is 4.79 Å². The SMILES string of the molecule is Cc1ccc(-c2nc(CC(=O)Nc3cccc(C4SCCS4)c3)cs2)cc1. The monoisotopic (exact) mass is 412 g/mol. The van der Waals surface area contributed by atoms with Crippen LogP contribution < -0.4 is 5.32 Å². The molecule has 0 spiro atoms. The lowest BCUT2D eigenvalue weighted by atomic mass is 10.2. The molecule has 4 rings (SSSR count). The number of aromatic nitrogens is 1. The van der Waals surface area contributed by atoms with E-state index in [2.05, 4.69) is 53.6 Å². The van der Waals surface area contributed by atoms with Crippen LogP contribution in [0.4, 0.5) is 5.69 Å². The van der Waals surface area contributed by atoms with Crippen molar-refractivity contribution in [2.45, 2.75) is 17.9 Å². The third kappa shape index (κ3) is 4.75. The summed E-state index contributed by atoms with van der Waals surface area (Å²) in [5, 5.41) is 5.94. The minimum absolute atomic E-state index is 0.0281. The highest BCUT2D eigenvalue weighted by atomic mass is 32.2. The van der Waals surface area contributed by atoms with E-state index in [-0.39, 0.29) is 5.91 Å². The van der Waals surface area contributed by atoms with E-state index in [4.69, 9.17) is 0 Å². The summed E-state index contributed by atoms with van der Waals surface area (Å²) >= 11 is 5.52. The van der Waals surface area contributed by atoms with Gasteiger partial charge in [0.05, 0.1) is 16.7 Å². The van der Waals surface area contributed by atoms with Crippen molar-refractivity contribution in [1.29, 1.82) is 0 Å². The molecule has 1 aromatic heterocycles. The number of amides is 1. The van der Waals surface area contributed by atoms with Crippen LogP contribution in [0.15, 0.2) is 53.9 Å². The summed E-state index contributed by atoms with van der Waals surface area (Å²) in [6, 6.07) is 16.5. The molecule has 0 radical (unpaired) electrons. The number of nitrogens with one attached hydrogen (secondary N) is 1. The fourth-order valence-electron chi connectivity index (χ4n) is 2.90. The van der Waals surface area contributed by atoms with E-state index in [1.807, 2.05) is 41.0 Å². The van der Waals surface area contributed by atoms with Crippen molar-refractivity contribution in [3.05, 3.63) is 70.7 Å². The quantitative estimate of drug-likeness (QED) is 0.577. The number of thioether (sulfide) groups is 2. The maximum atomic E-state index is 12.4. The maximum Gasteiger partial charge on any atom is 0.230 e. The fraction of sp³-hybridized carbons (Fsp3) is 0.238. The molecule has 0 unspecified atom stereocenters. The second kappa shape index (κ2) is 8.50. The van der Waals surface area contributed by atoms with Gasteiger partial charge in [0.15, 0.2) is 0 Å². The van der Waals surface area contributed by atoms with Crippen LogP contribution in [0.2, 0.25) is 0 Å². The van der Waals surface area contributed by atoms with Crippen molar-refractivity contribution < 1.29 is 4.79 Å². The van der Waals surface area contributed by atoms with Crippen LogP contribution >= 0.6 is 34.9 Å². The molecule has 2 heterocycles. The van der Waals surface area contributed by atoms with Crippen molar-refractivity contribution in [2.24, 2.45) is 0 Å². The van der Waals surface area contributed by atoms with Gasteiger partial charge in [0.1, 0.15) is 5.01 Å². The lowest BCUT2D eigenvalue weighted by Crippen LogP contribution is -2.14. The van der Waals surface area contributed by atoms with Crippen molar-refractivity contribution in [1.82, 2.24) is 4.98 Å². The molecule has 3 aromatic rings. The molecule has 0 aliphatic carbocycles. The highest BCUT2D eigenvalue weighted by Gasteiger charge is 2.18. The summed E-state index contributed by atoms with van der Waals surface area (Å²) < 4.78 is 0.484. The highest BCUT2D eigenvalue weighted by Crippen LogP contribution is 2.45. The van der Waals surface area contributed by atoms with Crippen molar-refractivity contribution >= 4 is 46.5 Å². The molecular formula is C21H20N2OS3. The average molecular weight is 413 g/mol. The lowest BCUT2D eigenvalue weighted by Gasteiger charge is -2.11. The van der Waals surface area contributed by atoms with E-state index in [1.165, 1.54) is 22.6 Å². The molecule has 0 bridgehead atoms. The molecule has 1 aliphatic rings. The molecular weight excluding hydrogens is 392 g/mol. The zero-order valence-corrected chi connectivity index (χ0v) is 17.4. The van der Waals surface area contributed by atoms with E-state index in [1.54, 1.807) is 11.3 Å². The lowest BCUT2D eigenvalue weighted by molar-refractivity contribution is -0.115. The molecule has 3 nitrogen and oxygen atoms in total. The number of hydrogen-bond donors (Lipinski definition) is 1. The summed E-state index contributed by atoms with van der Waals surface area (Å²) in [6.07, 6.45) is 0.291. The predicted octanol–water partition coefficient (Wildman–Crippen LogP) is 5.78. The molecule has 2 aromatic carbocycles. The summed E-state index contributed by atoms with van der Waals surface area (Å²) in [7, 11) is 0. The van der Waals surface area contributed by atoms with Gasteiger partial charge in [-0.15, -0.1) is 34.9 Å². The molecule has 1 amide bonds. The van der Waals surface area contributed by atoms with E-state index < -0.39 is 0 Å². The Morgan fingerprint density at radius 3 is 2.70 bits per heavy atom. The topological polar surface area (TPSA) is 42.0 Å². The van der Waals surface area contributed by atoms with Gasteiger partial charge in [-0.25, -0.2) is 4.98 Å². The van der Waals surface area contributed by atoms with E-state index >= 15 is 0 Å². The first-order valence-corrected chi connectivity index (χ1v) is 11.8. The number of carbonyl (C=O) groups excluding carboxylic acids is 1. The van der Waals surface area contributed by atoms with Gasteiger partial charge in [-0.1, -0.05) is 42.0 Å². The number of thiazole rings is 1. The number of nitrogens with zero attached hydrogens (tertiary/aromatic N) is 1. The second-order valence-electron chi connectivity index (χ2n) is 6.43. The standard InChI is InChI=1S/C21H20N2OS3/c1-14-5-7-15(8-6-14)20-23-18(13-27-20)12-19(24)22-17-4-2-3-16(11-17)21-25-9-10-26-21/h2-8,11,13,21H,9-10,12H2,1H3,(H,22,24). The van der Waals surface area contributed by atoms with Crippen LogP contribution in [0.1, 0.15) is 21.4 Å². The Labute approximate surface area is 172 Å². The van der Waals surface area contributed by atoms with Crippen molar-refractivity contribution in [3.63, 3.8) is 0 Å². The summed E-state index contributed by atoms with van der Waals surface area (Å²) in [5.41, 5.74) is 5.27. The largest absolute Gasteiger partial charge is 0.326 e. The van der Waals surface area contributed by atoms with Crippen LogP contribution in [0.5, 0.6) is 0 Å². The molecule has 0 saturated carbocycles. The Morgan fingerprint density at radius 1 is 1.15 bits per heavy atom. The van der Waals surface area contributed by atoms with Gasteiger partial charge in [-0.3, -0.25) is 4.79 Å². The molecule has 138 valence electrons. The first kappa shape index (κ1) is 18.6. The minimum atomic E-state index is -0.0281. The number of hydrogen-bond acceptors (Lipinski definition) is 5. The van der Waals surface area contributed by atoms with Gasteiger partial charge >= 0.3 is 0 Å². The summed E-state index contributed by atoms with van der Waals surface area (Å²) in [4.78, 5) is 17.1. The highest BCUT2D eigenvalue weighted by molar-refractivity contribution is 8.19. The van der Waals surface area contributed by atoms with Gasteiger partial charge in [0.25, 0.3) is 0 Å². The Balaban J connectivity index is 1.40. The van der Waals surface area contributed by atoms with Crippen LogP contribution in [0, 0.1) is 6.92 Å². The molecule has 6 heteroatoms. The van der Waals surface area contributed by atoms with Crippen LogP contribution in [-0.2, 0) is 11.2 Å². The number of anilines is 1. The maximum absolute atomic E-state index is 12.4. The molecule has 1 aliphatic heterocycles. The van der Waals surface area contributed by atoms with Crippen LogP contribution in [-0.4, -0.2) is 22.4 Å². The molecule has 1 fully saturated rings. The van der Waals surface area contributed by atoms with Crippen LogP contribution in [0.25, 0.3) is 10.6 Å². The van der Waals surface area contributed by atoms with Gasteiger partial charge < -0.3 is 5.32 Å². The Bertz CT molecular complexity index is 931. The molecule has 27 heavy (non-hydrogen) atoms. The second-order valence-corrected chi connectivity index (χ2v) is 10.0. The summed E-state index contributed by atoms with van der Waals surface area (Å²) in [6.45, 7) is 2.07. The van der Waals surface area contributed by atoms with Gasteiger partial charge in [-0.05, 0) is 24.6 Å². The van der Waals surface area contributed by atoms with Gasteiger partial charge in [-0.2, -0.15) is 0 Å². The smallest absolute Gasteiger partial charge is 0.230 e. The molecule has 1 saturated heterocycles. The minimum Gasteiger partial charge on any atom is -0.326 e. The normalized spacial score (nSPS) is 14.4. The van der Waals surface area contributed by atoms with Gasteiger partial charge in [0, 0.05) is 28.1 Å². The number of carbonyl (C=O) groups is 1. The Morgan fingerprint density at radius 2 is 1.93 bits per heavy atom. The average Bonchev–Trinajstić information content (AvgIpc) is 3.35. The number of benzene rings is 2. The predicted molar refractivity (Wildman–Crippen MR) is 119 cm³/mol. The molecule has 1 N–H and O–H groups in total. The number of rotatable bonds is 5. The van der Waals surface area contributed by atoms with Crippen LogP contribution in [0.3, 0.4) is 0 Å². The first-order valence-electron chi connectivity index (χ1n) is 8.82. The molecule has 0 atom stereocenters. The van der Waals surface area contributed by atoms with E-state index in [0.717, 1.165) is 22.0 Å². The van der Waals surface area contributed by atoms with Gasteiger partial charge in [0.2, 0.25) is 5.91 Å². The van der Waals surface area contributed by atoms with Crippen molar-refractivity contribution in [3.8, 4) is 10.6 Å². The zero-order valence-electron chi connectivity index (χ0n) is 15.0. The number of aryl methyl sites for hydroxylation is 1. The summed E-state index contributed by atoms with van der Waals surface area (Å²) in [5.74, 6) is 2.36. The fourth-order valence-corrected chi connectivity index (χ4v) is 6.56. The van der Waals surface area contributed by atoms with E-state index in [0.29, 0.717) is 11.0 Å².